The molecule has 6 heteroatoms. The van der Waals surface area contributed by atoms with Gasteiger partial charge in [0.15, 0.2) is 0 Å². The molecule has 2 aromatic rings. The molecule has 0 spiro atoms. The molecule has 0 aliphatic heterocycles. The van der Waals surface area contributed by atoms with Crippen LogP contribution in [0.15, 0.2) is 5.38 Å². The Morgan fingerprint density at radius 3 is 2.63 bits per heavy atom. The standard InChI is InChI=1S/C13H20N4S2/c1-8-15-9(7-18-8)6-10(14-5)11-12(13(2,3)4)16-17-19-11/h7,10,14H,6H2,1-5H3. The maximum absolute atomic E-state index is 4.54. The average molecular weight is 296 g/mol. The number of likely N-dealkylation sites (N-methyl/N-ethyl adjacent to an activating group) is 1. The van der Waals surface area contributed by atoms with Crippen molar-refractivity contribution in [3.8, 4) is 0 Å². The zero-order valence-corrected chi connectivity index (χ0v) is 13.7. The van der Waals surface area contributed by atoms with Crippen molar-refractivity contribution in [2.75, 3.05) is 7.05 Å². The van der Waals surface area contributed by atoms with Crippen LogP contribution in [0.5, 0.6) is 0 Å². The first-order chi connectivity index (χ1) is 8.91. The van der Waals surface area contributed by atoms with E-state index in [0.29, 0.717) is 0 Å². The summed E-state index contributed by atoms with van der Waals surface area (Å²) in [6.45, 7) is 8.56. The van der Waals surface area contributed by atoms with Crippen molar-refractivity contribution in [2.45, 2.75) is 45.6 Å². The Hall–Kier alpha value is -0.850. The second-order valence-corrected chi connectivity index (χ2v) is 7.49. The average Bonchev–Trinajstić information content (AvgIpc) is 2.93. The van der Waals surface area contributed by atoms with Gasteiger partial charge < -0.3 is 5.32 Å². The molecular weight excluding hydrogens is 276 g/mol. The van der Waals surface area contributed by atoms with Crippen LogP contribution in [-0.4, -0.2) is 21.6 Å². The quantitative estimate of drug-likeness (QED) is 0.942. The molecular formula is C13H20N4S2. The fourth-order valence-electron chi connectivity index (χ4n) is 1.98. The number of nitrogens with one attached hydrogen (secondary N) is 1. The van der Waals surface area contributed by atoms with Crippen LogP contribution < -0.4 is 5.32 Å². The summed E-state index contributed by atoms with van der Waals surface area (Å²) < 4.78 is 4.14. The summed E-state index contributed by atoms with van der Waals surface area (Å²) in [5.74, 6) is 0. The van der Waals surface area contributed by atoms with Gasteiger partial charge in [-0.2, -0.15) is 0 Å². The summed E-state index contributed by atoms with van der Waals surface area (Å²) in [5, 5.41) is 10.9. The molecule has 0 saturated carbocycles. The Morgan fingerprint density at radius 2 is 2.11 bits per heavy atom. The minimum Gasteiger partial charge on any atom is -0.312 e. The third-order valence-electron chi connectivity index (χ3n) is 2.97. The topological polar surface area (TPSA) is 50.7 Å². The Bertz CT molecular complexity index is 539. The minimum atomic E-state index is 0.0232. The Kier molecular flexibility index (Phi) is 4.32. The molecule has 0 aliphatic rings. The van der Waals surface area contributed by atoms with E-state index in [0.717, 1.165) is 22.8 Å². The smallest absolute Gasteiger partial charge is 0.0897 e. The Labute approximate surface area is 122 Å². The molecule has 19 heavy (non-hydrogen) atoms. The van der Waals surface area contributed by atoms with Crippen LogP contribution in [0, 0.1) is 6.92 Å². The van der Waals surface area contributed by atoms with Crippen LogP contribution >= 0.6 is 22.9 Å². The van der Waals surface area contributed by atoms with Crippen molar-refractivity contribution in [3.05, 3.63) is 26.7 Å². The molecule has 0 saturated heterocycles. The predicted octanol–water partition coefficient (Wildman–Crippen LogP) is 3.10. The van der Waals surface area contributed by atoms with Crippen molar-refractivity contribution in [2.24, 2.45) is 0 Å². The van der Waals surface area contributed by atoms with E-state index in [-0.39, 0.29) is 11.5 Å². The zero-order chi connectivity index (χ0) is 14.0. The van der Waals surface area contributed by atoms with Gasteiger partial charge in [0.25, 0.3) is 0 Å². The Balaban J connectivity index is 2.25. The normalized spacial score (nSPS) is 13.7. The molecule has 4 nitrogen and oxygen atoms in total. The monoisotopic (exact) mass is 296 g/mol. The summed E-state index contributed by atoms with van der Waals surface area (Å²) in [4.78, 5) is 5.77. The SMILES string of the molecule is CNC(Cc1csc(C)n1)c1snnc1C(C)(C)C. The first-order valence-corrected chi connectivity index (χ1v) is 7.98. The minimum absolute atomic E-state index is 0.0232. The van der Waals surface area contributed by atoms with E-state index < -0.39 is 0 Å². The molecule has 104 valence electrons. The van der Waals surface area contributed by atoms with E-state index in [1.807, 2.05) is 14.0 Å². The summed E-state index contributed by atoms with van der Waals surface area (Å²) in [6.07, 6.45) is 0.883. The van der Waals surface area contributed by atoms with Gasteiger partial charge in [-0.25, -0.2) is 4.98 Å². The third kappa shape index (κ3) is 3.38. The van der Waals surface area contributed by atoms with Gasteiger partial charge >= 0.3 is 0 Å². The lowest BCUT2D eigenvalue weighted by Crippen LogP contribution is -2.23. The number of nitrogens with zero attached hydrogens (tertiary/aromatic N) is 3. The van der Waals surface area contributed by atoms with Crippen molar-refractivity contribution in [1.82, 2.24) is 19.9 Å². The number of rotatable bonds is 4. The molecule has 2 heterocycles. The molecule has 0 aromatic carbocycles. The van der Waals surface area contributed by atoms with Gasteiger partial charge in [0.1, 0.15) is 0 Å². The molecule has 2 rings (SSSR count). The fourth-order valence-corrected chi connectivity index (χ4v) is 3.58. The summed E-state index contributed by atoms with van der Waals surface area (Å²) in [5.41, 5.74) is 2.24. The largest absolute Gasteiger partial charge is 0.312 e. The molecule has 1 unspecified atom stereocenters. The number of hydrogen-bond donors (Lipinski definition) is 1. The molecule has 0 fully saturated rings. The van der Waals surface area contributed by atoms with Crippen LogP contribution in [0.2, 0.25) is 0 Å². The van der Waals surface area contributed by atoms with Crippen molar-refractivity contribution < 1.29 is 0 Å². The van der Waals surface area contributed by atoms with E-state index in [1.165, 1.54) is 16.4 Å². The van der Waals surface area contributed by atoms with E-state index in [4.69, 9.17) is 0 Å². The third-order valence-corrected chi connectivity index (χ3v) is 4.63. The van der Waals surface area contributed by atoms with E-state index in [2.05, 4.69) is 46.0 Å². The summed E-state index contributed by atoms with van der Waals surface area (Å²) in [7, 11) is 1.98. The van der Waals surface area contributed by atoms with Crippen LogP contribution in [0.25, 0.3) is 0 Å². The highest BCUT2D eigenvalue weighted by Gasteiger charge is 2.27. The summed E-state index contributed by atoms with van der Waals surface area (Å²) >= 11 is 3.18. The van der Waals surface area contributed by atoms with Gasteiger partial charge in [0.05, 0.1) is 27.3 Å². The van der Waals surface area contributed by atoms with Crippen LogP contribution in [-0.2, 0) is 11.8 Å². The Morgan fingerprint density at radius 1 is 1.37 bits per heavy atom. The van der Waals surface area contributed by atoms with Gasteiger partial charge in [-0.3, -0.25) is 0 Å². The van der Waals surface area contributed by atoms with Gasteiger partial charge in [-0.1, -0.05) is 25.3 Å². The highest BCUT2D eigenvalue weighted by atomic mass is 32.1. The van der Waals surface area contributed by atoms with Gasteiger partial charge in [0.2, 0.25) is 0 Å². The molecule has 0 aliphatic carbocycles. The van der Waals surface area contributed by atoms with E-state index in [9.17, 15) is 0 Å². The fraction of sp³-hybridized carbons (Fsp3) is 0.615. The highest BCUT2D eigenvalue weighted by molar-refractivity contribution is 7.09. The van der Waals surface area contributed by atoms with Crippen LogP contribution in [0.4, 0.5) is 0 Å². The number of aromatic nitrogens is 3. The maximum Gasteiger partial charge on any atom is 0.0897 e. The highest BCUT2D eigenvalue weighted by Crippen LogP contribution is 2.31. The first-order valence-electron chi connectivity index (χ1n) is 6.33. The lowest BCUT2D eigenvalue weighted by molar-refractivity contribution is 0.529. The molecule has 1 atom stereocenters. The number of hydrogen-bond acceptors (Lipinski definition) is 6. The number of thiazole rings is 1. The zero-order valence-electron chi connectivity index (χ0n) is 12.0. The molecule has 0 bridgehead atoms. The summed E-state index contributed by atoms with van der Waals surface area (Å²) in [6, 6.07) is 0.232. The second kappa shape index (κ2) is 5.64. The van der Waals surface area contributed by atoms with Crippen LogP contribution in [0.1, 0.15) is 48.1 Å². The van der Waals surface area contributed by atoms with Gasteiger partial charge in [0, 0.05) is 17.2 Å². The maximum atomic E-state index is 4.54. The molecule has 0 radical (unpaired) electrons. The van der Waals surface area contributed by atoms with Gasteiger partial charge in [-0.15, -0.1) is 16.4 Å². The second-order valence-electron chi connectivity index (χ2n) is 5.64. The van der Waals surface area contributed by atoms with Crippen LogP contribution in [0.3, 0.4) is 0 Å². The van der Waals surface area contributed by atoms with Crippen molar-refractivity contribution >= 4 is 22.9 Å². The van der Waals surface area contributed by atoms with Gasteiger partial charge in [-0.05, 0) is 25.5 Å². The van der Waals surface area contributed by atoms with E-state index in [1.54, 1.807) is 11.3 Å². The molecule has 1 N–H and O–H groups in total. The van der Waals surface area contributed by atoms with Crippen molar-refractivity contribution in [1.29, 1.82) is 0 Å². The lowest BCUT2D eigenvalue weighted by Gasteiger charge is -2.21. The molecule has 0 amide bonds. The predicted molar refractivity (Wildman–Crippen MR) is 81.0 cm³/mol. The lowest BCUT2D eigenvalue weighted by atomic mass is 9.89. The van der Waals surface area contributed by atoms with E-state index >= 15 is 0 Å². The number of aryl methyl sites for hydroxylation is 1. The molecule has 2 aromatic heterocycles. The first kappa shape index (κ1) is 14.6. The van der Waals surface area contributed by atoms with Crippen molar-refractivity contribution in [3.63, 3.8) is 0 Å².